The van der Waals surface area contributed by atoms with E-state index in [4.69, 9.17) is 15.6 Å². The van der Waals surface area contributed by atoms with Gasteiger partial charge in [0.15, 0.2) is 0 Å². The van der Waals surface area contributed by atoms with Crippen molar-refractivity contribution in [1.29, 1.82) is 0 Å². The Morgan fingerprint density at radius 1 is 1.62 bits per heavy atom. The van der Waals surface area contributed by atoms with Gasteiger partial charge >= 0.3 is 5.97 Å². The minimum Gasteiger partial charge on any atom is -0.494 e. The van der Waals surface area contributed by atoms with Crippen molar-refractivity contribution in [2.24, 2.45) is 5.73 Å². The van der Waals surface area contributed by atoms with E-state index in [1.54, 1.807) is 19.2 Å². The minimum absolute atomic E-state index is 0.546. The number of thioether (sulfide) groups is 1. The molecular weight excluding hydrogens is 294 g/mol. The molecule has 1 atom stereocenters. The maximum atomic E-state index is 10.8. The van der Waals surface area contributed by atoms with E-state index in [1.807, 2.05) is 6.26 Å². The number of hydrogen-bond donors (Lipinski definition) is 2. The van der Waals surface area contributed by atoms with Crippen molar-refractivity contribution in [3.63, 3.8) is 0 Å². The number of methoxy groups -OCH3 is 1. The summed E-state index contributed by atoms with van der Waals surface area (Å²) in [6.45, 7) is 0. The summed E-state index contributed by atoms with van der Waals surface area (Å²) < 4.78 is 5.91. The Hall–Kier alpha value is -0.720. The first-order valence-electron chi connectivity index (χ1n) is 4.41. The van der Waals surface area contributed by atoms with E-state index in [1.165, 1.54) is 11.8 Å². The van der Waals surface area contributed by atoms with Gasteiger partial charge in [0.25, 0.3) is 0 Å². The van der Waals surface area contributed by atoms with Gasteiger partial charge in [0.05, 0.1) is 16.5 Å². The lowest BCUT2D eigenvalue weighted by Crippen LogP contribution is -2.20. The molecule has 3 N–H and O–H groups in total. The summed E-state index contributed by atoms with van der Waals surface area (Å²) in [6, 6.07) is 2.37. The van der Waals surface area contributed by atoms with E-state index in [-0.39, 0.29) is 0 Å². The first-order valence-corrected chi connectivity index (χ1v) is 6.42. The summed E-state index contributed by atoms with van der Waals surface area (Å²) in [6.07, 6.45) is 1.89. The van der Waals surface area contributed by atoms with Crippen LogP contribution in [0.3, 0.4) is 0 Å². The molecular formula is C10H12BrNO3S. The molecule has 0 fully saturated rings. The number of nitrogens with two attached hydrogens (primary N) is 1. The summed E-state index contributed by atoms with van der Waals surface area (Å²) in [7, 11) is 1.57. The molecule has 0 aliphatic rings. The predicted octanol–water partition coefficient (Wildman–Crippen LogP) is 2.26. The number of hydrogen-bond acceptors (Lipinski definition) is 4. The molecule has 0 heterocycles. The van der Waals surface area contributed by atoms with Gasteiger partial charge in [-0.05, 0) is 39.9 Å². The van der Waals surface area contributed by atoms with Crippen molar-refractivity contribution >= 4 is 33.7 Å². The van der Waals surface area contributed by atoms with Crippen LogP contribution in [0.4, 0.5) is 0 Å². The van der Waals surface area contributed by atoms with Crippen LogP contribution in [0.5, 0.6) is 5.75 Å². The SMILES string of the molecule is COc1c(Br)cc(C(N)C(=O)O)cc1SC. The smallest absolute Gasteiger partial charge is 0.325 e. The van der Waals surface area contributed by atoms with Gasteiger partial charge in [0.1, 0.15) is 11.8 Å². The molecule has 16 heavy (non-hydrogen) atoms. The molecule has 0 aliphatic carbocycles. The summed E-state index contributed by atoms with van der Waals surface area (Å²) in [5.74, 6) is -0.363. The number of benzene rings is 1. The van der Waals surface area contributed by atoms with Gasteiger partial charge in [-0.3, -0.25) is 4.79 Å². The van der Waals surface area contributed by atoms with Crippen LogP contribution < -0.4 is 10.5 Å². The average Bonchev–Trinajstić information content (AvgIpc) is 2.26. The number of rotatable bonds is 4. The van der Waals surface area contributed by atoms with Crippen LogP contribution in [-0.4, -0.2) is 24.4 Å². The summed E-state index contributed by atoms with van der Waals surface area (Å²) in [5, 5.41) is 8.84. The Bertz CT molecular complexity index is 411. The molecule has 1 rings (SSSR count). The first-order chi connectivity index (χ1) is 7.51. The Labute approximate surface area is 106 Å². The summed E-state index contributed by atoms with van der Waals surface area (Å²) >= 11 is 4.80. The monoisotopic (exact) mass is 305 g/mol. The normalized spacial score (nSPS) is 12.2. The quantitative estimate of drug-likeness (QED) is 0.835. The van der Waals surface area contributed by atoms with Crippen molar-refractivity contribution in [3.05, 3.63) is 22.2 Å². The molecule has 0 spiro atoms. The van der Waals surface area contributed by atoms with Crippen molar-refractivity contribution in [2.45, 2.75) is 10.9 Å². The highest BCUT2D eigenvalue weighted by Crippen LogP contribution is 2.37. The molecule has 0 saturated carbocycles. The largest absolute Gasteiger partial charge is 0.494 e. The molecule has 0 bridgehead atoms. The highest BCUT2D eigenvalue weighted by atomic mass is 79.9. The van der Waals surface area contributed by atoms with Gasteiger partial charge < -0.3 is 15.6 Å². The van der Waals surface area contributed by atoms with E-state index in [0.717, 1.165) is 4.90 Å². The third-order valence-electron chi connectivity index (χ3n) is 2.08. The number of halogens is 1. The topological polar surface area (TPSA) is 72.5 Å². The van der Waals surface area contributed by atoms with Crippen molar-refractivity contribution in [1.82, 2.24) is 0 Å². The predicted molar refractivity (Wildman–Crippen MR) is 67.0 cm³/mol. The molecule has 0 aliphatic heterocycles. The van der Waals surface area contributed by atoms with Crippen molar-refractivity contribution < 1.29 is 14.6 Å². The molecule has 0 amide bonds. The fourth-order valence-electron chi connectivity index (χ4n) is 1.26. The highest BCUT2D eigenvalue weighted by Gasteiger charge is 2.18. The standard InChI is InChI=1S/C10H12BrNO3S/c1-15-9-6(11)3-5(4-7(9)16-2)8(12)10(13)14/h3-4,8H,12H2,1-2H3,(H,13,14). The molecule has 0 aromatic heterocycles. The fraction of sp³-hybridized carbons (Fsp3) is 0.300. The second-order valence-electron chi connectivity index (χ2n) is 3.05. The number of carbonyl (C=O) groups is 1. The Kier molecular flexibility index (Phi) is 4.64. The van der Waals surface area contributed by atoms with Gasteiger partial charge in [-0.15, -0.1) is 11.8 Å². The van der Waals surface area contributed by atoms with Gasteiger partial charge in [-0.25, -0.2) is 0 Å². The van der Waals surface area contributed by atoms with Gasteiger partial charge in [0.2, 0.25) is 0 Å². The van der Waals surface area contributed by atoms with Crippen molar-refractivity contribution in [3.8, 4) is 5.75 Å². The molecule has 4 nitrogen and oxygen atoms in total. The number of ether oxygens (including phenoxy) is 1. The lowest BCUT2D eigenvalue weighted by Gasteiger charge is -2.13. The van der Waals surface area contributed by atoms with E-state index in [2.05, 4.69) is 15.9 Å². The molecule has 88 valence electrons. The first kappa shape index (κ1) is 13.3. The second-order valence-corrected chi connectivity index (χ2v) is 4.76. The molecule has 1 aromatic rings. The van der Waals surface area contributed by atoms with E-state index >= 15 is 0 Å². The van der Waals surface area contributed by atoms with Crippen LogP contribution >= 0.6 is 27.7 Å². The minimum atomic E-state index is -1.05. The zero-order valence-electron chi connectivity index (χ0n) is 8.86. The van der Waals surface area contributed by atoms with Crippen LogP contribution in [0.1, 0.15) is 11.6 Å². The van der Waals surface area contributed by atoms with Crippen LogP contribution in [0.25, 0.3) is 0 Å². The maximum absolute atomic E-state index is 10.8. The van der Waals surface area contributed by atoms with Crippen LogP contribution in [0.15, 0.2) is 21.5 Å². The number of carboxylic acid groups (broad SMARTS) is 1. The number of carboxylic acids is 1. The zero-order chi connectivity index (χ0) is 12.3. The number of aliphatic carboxylic acids is 1. The van der Waals surface area contributed by atoms with Crippen LogP contribution in [0, 0.1) is 0 Å². The van der Waals surface area contributed by atoms with Crippen LogP contribution in [0.2, 0.25) is 0 Å². The molecule has 0 radical (unpaired) electrons. The molecule has 1 aromatic carbocycles. The van der Waals surface area contributed by atoms with Crippen LogP contribution in [-0.2, 0) is 4.79 Å². The Morgan fingerprint density at radius 2 is 2.25 bits per heavy atom. The van der Waals surface area contributed by atoms with Gasteiger partial charge in [-0.2, -0.15) is 0 Å². The fourth-order valence-corrected chi connectivity index (χ4v) is 2.66. The molecule has 1 unspecified atom stereocenters. The van der Waals surface area contributed by atoms with Gasteiger partial charge in [0, 0.05) is 0 Å². The Balaban J connectivity index is 3.25. The highest BCUT2D eigenvalue weighted by molar-refractivity contribution is 9.10. The van der Waals surface area contributed by atoms with E-state index < -0.39 is 12.0 Å². The lowest BCUT2D eigenvalue weighted by molar-refractivity contribution is -0.138. The summed E-state index contributed by atoms with van der Waals surface area (Å²) in [4.78, 5) is 11.6. The zero-order valence-corrected chi connectivity index (χ0v) is 11.3. The molecule has 0 saturated heterocycles. The summed E-state index contributed by atoms with van der Waals surface area (Å²) in [5.41, 5.74) is 6.10. The second kappa shape index (κ2) is 5.56. The van der Waals surface area contributed by atoms with E-state index in [0.29, 0.717) is 15.8 Å². The maximum Gasteiger partial charge on any atom is 0.325 e. The van der Waals surface area contributed by atoms with Crippen molar-refractivity contribution in [2.75, 3.05) is 13.4 Å². The van der Waals surface area contributed by atoms with E-state index in [9.17, 15) is 4.79 Å². The third-order valence-corrected chi connectivity index (χ3v) is 3.41. The third kappa shape index (κ3) is 2.69. The van der Waals surface area contributed by atoms with Gasteiger partial charge in [-0.1, -0.05) is 0 Å². The molecule has 6 heteroatoms. The Morgan fingerprint density at radius 3 is 2.69 bits per heavy atom. The lowest BCUT2D eigenvalue weighted by atomic mass is 10.1. The average molecular weight is 306 g/mol.